The minimum atomic E-state index is -3.86. The second-order valence-electron chi connectivity index (χ2n) is 3.86. The third-order valence-corrected chi connectivity index (χ3v) is 6.00. The summed E-state index contributed by atoms with van der Waals surface area (Å²) < 4.78 is 26.8. The van der Waals surface area contributed by atoms with E-state index in [2.05, 4.69) is 31.9 Å². The highest BCUT2D eigenvalue weighted by atomic mass is 79.9. The summed E-state index contributed by atoms with van der Waals surface area (Å²) in [4.78, 5) is 11.1. The highest BCUT2D eigenvalue weighted by molar-refractivity contribution is 9.11. The molecule has 0 aliphatic rings. The minimum Gasteiger partial charge on any atom is -0.480 e. The van der Waals surface area contributed by atoms with E-state index < -0.39 is 22.0 Å². The maximum absolute atomic E-state index is 12.4. The number of halogens is 2. The molecule has 0 aliphatic heterocycles. The van der Waals surface area contributed by atoms with Crippen LogP contribution in [0, 0.1) is 0 Å². The van der Waals surface area contributed by atoms with Gasteiger partial charge in [0.15, 0.2) is 0 Å². The van der Waals surface area contributed by atoms with Crippen LogP contribution in [0.5, 0.6) is 0 Å². The van der Waals surface area contributed by atoms with Gasteiger partial charge in [-0.1, -0.05) is 22.9 Å². The lowest BCUT2D eigenvalue weighted by atomic mass is 10.2. The van der Waals surface area contributed by atoms with Crippen LogP contribution in [0.1, 0.15) is 13.3 Å². The fourth-order valence-corrected chi connectivity index (χ4v) is 4.68. The molecule has 1 N–H and O–H groups in total. The molecule has 0 bridgehead atoms. The maximum Gasteiger partial charge on any atom is 0.321 e. The van der Waals surface area contributed by atoms with Crippen molar-refractivity contribution < 1.29 is 18.3 Å². The molecule has 0 aromatic heterocycles. The van der Waals surface area contributed by atoms with Crippen molar-refractivity contribution in [2.24, 2.45) is 0 Å². The molecule has 1 rings (SSSR count). The van der Waals surface area contributed by atoms with Gasteiger partial charge in [0.2, 0.25) is 10.0 Å². The van der Waals surface area contributed by atoms with Gasteiger partial charge < -0.3 is 5.11 Å². The molecule has 1 aromatic carbocycles. The summed E-state index contributed by atoms with van der Waals surface area (Å²) in [7, 11) is -2.59. The first-order valence-corrected chi connectivity index (χ1v) is 8.40. The van der Waals surface area contributed by atoms with E-state index in [0.29, 0.717) is 4.47 Å². The average Bonchev–Trinajstić information content (AvgIpc) is 2.28. The second-order valence-corrected chi connectivity index (χ2v) is 7.59. The van der Waals surface area contributed by atoms with Crippen molar-refractivity contribution in [3.63, 3.8) is 0 Å². The highest BCUT2D eigenvalue weighted by Gasteiger charge is 2.32. The quantitative estimate of drug-likeness (QED) is 0.803. The van der Waals surface area contributed by atoms with Crippen LogP contribution in [0.3, 0.4) is 0 Å². The molecule has 19 heavy (non-hydrogen) atoms. The zero-order valence-corrected chi connectivity index (χ0v) is 14.3. The molecule has 0 heterocycles. The standard InChI is InChI=1S/C11H13Br2NO4S/c1-3-9(11(15)16)14(2)19(17,18)10-5-4-7(12)6-8(10)13/h4-6,9H,3H2,1-2H3,(H,15,16). The Labute approximate surface area is 128 Å². The van der Waals surface area contributed by atoms with Gasteiger partial charge >= 0.3 is 5.97 Å². The first-order chi connectivity index (χ1) is 8.71. The van der Waals surface area contributed by atoms with Gasteiger partial charge in [-0.25, -0.2) is 8.42 Å². The Kier molecular flexibility index (Phi) is 5.54. The van der Waals surface area contributed by atoms with Crippen LogP contribution in [0.2, 0.25) is 0 Å². The van der Waals surface area contributed by atoms with Crippen LogP contribution >= 0.6 is 31.9 Å². The minimum absolute atomic E-state index is 0.0397. The summed E-state index contributed by atoms with van der Waals surface area (Å²) in [6.07, 6.45) is 0.194. The van der Waals surface area contributed by atoms with Crippen molar-refractivity contribution in [2.75, 3.05) is 7.05 Å². The van der Waals surface area contributed by atoms with Crippen LogP contribution in [-0.2, 0) is 14.8 Å². The van der Waals surface area contributed by atoms with Gasteiger partial charge in [-0.3, -0.25) is 4.79 Å². The molecular weight excluding hydrogens is 402 g/mol. The smallest absolute Gasteiger partial charge is 0.321 e. The van der Waals surface area contributed by atoms with Gasteiger partial charge in [0.05, 0.1) is 4.90 Å². The number of benzene rings is 1. The van der Waals surface area contributed by atoms with Crippen LogP contribution in [0.4, 0.5) is 0 Å². The summed E-state index contributed by atoms with van der Waals surface area (Å²) in [6, 6.07) is 3.53. The lowest BCUT2D eigenvalue weighted by molar-refractivity contribution is -0.141. The third-order valence-electron chi connectivity index (χ3n) is 2.66. The van der Waals surface area contributed by atoms with Crippen LogP contribution in [0.15, 0.2) is 32.0 Å². The van der Waals surface area contributed by atoms with Gasteiger partial charge in [0.1, 0.15) is 6.04 Å². The third kappa shape index (κ3) is 3.56. The Morgan fingerprint density at radius 3 is 2.42 bits per heavy atom. The molecular formula is C11H13Br2NO4S. The van der Waals surface area contributed by atoms with E-state index in [1.54, 1.807) is 19.1 Å². The normalized spacial score (nSPS) is 13.5. The topological polar surface area (TPSA) is 74.7 Å². The van der Waals surface area contributed by atoms with Crippen LogP contribution < -0.4 is 0 Å². The monoisotopic (exact) mass is 413 g/mol. The molecule has 0 radical (unpaired) electrons. The predicted molar refractivity (Wildman–Crippen MR) is 78.5 cm³/mol. The number of rotatable bonds is 5. The number of carbonyl (C=O) groups is 1. The predicted octanol–water partition coefficient (Wildman–Crippen LogP) is 2.70. The molecule has 1 unspecified atom stereocenters. The summed E-state index contributed by atoms with van der Waals surface area (Å²) in [5.74, 6) is -1.16. The second kappa shape index (κ2) is 6.34. The number of carboxylic acid groups (broad SMARTS) is 1. The fraction of sp³-hybridized carbons (Fsp3) is 0.364. The number of hydrogen-bond acceptors (Lipinski definition) is 3. The summed E-state index contributed by atoms with van der Waals surface area (Å²) >= 11 is 6.41. The molecule has 0 spiro atoms. The lowest BCUT2D eigenvalue weighted by Crippen LogP contribution is -2.41. The zero-order valence-electron chi connectivity index (χ0n) is 10.3. The Bertz CT molecular complexity index is 588. The van der Waals surface area contributed by atoms with E-state index in [0.717, 1.165) is 8.78 Å². The van der Waals surface area contributed by atoms with Gasteiger partial charge in [-0.15, -0.1) is 0 Å². The van der Waals surface area contributed by atoms with Gasteiger partial charge in [-0.2, -0.15) is 4.31 Å². The van der Waals surface area contributed by atoms with Gasteiger partial charge in [-0.05, 0) is 40.5 Å². The number of sulfonamides is 1. The summed E-state index contributed by atoms with van der Waals surface area (Å²) in [5, 5.41) is 9.04. The van der Waals surface area contributed by atoms with Gasteiger partial charge in [0, 0.05) is 16.0 Å². The molecule has 1 aromatic rings. The average molecular weight is 415 g/mol. The van der Waals surface area contributed by atoms with Crippen molar-refractivity contribution in [1.82, 2.24) is 4.31 Å². The van der Waals surface area contributed by atoms with E-state index in [9.17, 15) is 13.2 Å². The van der Waals surface area contributed by atoms with Crippen molar-refractivity contribution in [2.45, 2.75) is 24.3 Å². The van der Waals surface area contributed by atoms with E-state index in [-0.39, 0.29) is 11.3 Å². The molecule has 0 saturated heterocycles. The molecule has 0 fully saturated rings. The van der Waals surface area contributed by atoms with Crippen LogP contribution in [-0.4, -0.2) is 36.9 Å². The van der Waals surface area contributed by atoms with E-state index in [1.165, 1.54) is 13.1 Å². The number of carboxylic acids is 1. The Balaban J connectivity index is 3.27. The fourth-order valence-electron chi connectivity index (χ4n) is 1.59. The largest absolute Gasteiger partial charge is 0.480 e. The molecule has 106 valence electrons. The molecule has 0 amide bonds. The Morgan fingerprint density at radius 1 is 1.42 bits per heavy atom. The number of nitrogens with zero attached hydrogens (tertiary/aromatic N) is 1. The summed E-state index contributed by atoms with van der Waals surface area (Å²) in [6.45, 7) is 1.63. The summed E-state index contributed by atoms with van der Waals surface area (Å²) in [5.41, 5.74) is 0. The first kappa shape index (κ1) is 16.6. The van der Waals surface area contributed by atoms with Crippen LogP contribution in [0.25, 0.3) is 0 Å². The Morgan fingerprint density at radius 2 is 2.00 bits per heavy atom. The van der Waals surface area contributed by atoms with E-state index in [1.807, 2.05) is 0 Å². The Hall–Kier alpha value is -0.440. The number of hydrogen-bond donors (Lipinski definition) is 1. The molecule has 0 saturated carbocycles. The van der Waals surface area contributed by atoms with Gasteiger partial charge in [0.25, 0.3) is 0 Å². The molecule has 8 heteroatoms. The SMILES string of the molecule is CCC(C(=O)O)N(C)S(=O)(=O)c1ccc(Br)cc1Br. The molecule has 0 aliphatic carbocycles. The first-order valence-electron chi connectivity index (χ1n) is 5.37. The van der Waals surface area contributed by atoms with Crippen molar-refractivity contribution in [3.05, 3.63) is 27.1 Å². The number of likely N-dealkylation sites (N-methyl/N-ethyl adjacent to an activating group) is 1. The lowest BCUT2D eigenvalue weighted by Gasteiger charge is -2.23. The zero-order chi connectivity index (χ0) is 14.8. The van der Waals surface area contributed by atoms with E-state index >= 15 is 0 Å². The van der Waals surface area contributed by atoms with E-state index in [4.69, 9.17) is 5.11 Å². The molecule has 1 atom stereocenters. The van der Waals surface area contributed by atoms with Crippen molar-refractivity contribution >= 4 is 47.9 Å². The highest BCUT2D eigenvalue weighted by Crippen LogP contribution is 2.28. The molecule has 5 nitrogen and oxygen atoms in total. The number of aliphatic carboxylic acids is 1. The maximum atomic E-state index is 12.4. The van der Waals surface area contributed by atoms with Crippen molar-refractivity contribution in [3.8, 4) is 0 Å². The van der Waals surface area contributed by atoms with Crippen molar-refractivity contribution in [1.29, 1.82) is 0 Å².